The van der Waals surface area contributed by atoms with E-state index in [0.29, 0.717) is 0 Å². The zero-order valence-corrected chi connectivity index (χ0v) is 16.1. The quantitative estimate of drug-likeness (QED) is 0.287. The maximum Gasteiger partial charge on any atom is 0.204 e. The van der Waals surface area contributed by atoms with Crippen LogP contribution in [-0.4, -0.2) is 10.7 Å². The van der Waals surface area contributed by atoms with Crippen molar-refractivity contribution in [2.45, 2.75) is 16.7 Å². The van der Waals surface area contributed by atoms with Crippen molar-refractivity contribution in [3.8, 4) is 11.5 Å². The van der Waals surface area contributed by atoms with Crippen molar-refractivity contribution < 1.29 is 4.74 Å². The van der Waals surface area contributed by atoms with Crippen molar-refractivity contribution >= 4 is 44.2 Å². The van der Waals surface area contributed by atoms with Gasteiger partial charge < -0.3 is 4.74 Å². The van der Waals surface area contributed by atoms with Crippen molar-refractivity contribution in [1.82, 2.24) is 4.98 Å². The van der Waals surface area contributed by atoms with Gasteiger partial charge in [-0.05, 0) is 55.0 Å². The van der Waals surface area contributed by atoms with Crippen LogP contribution >= 0.6 is 23.1 Å². The topological polar surface area (TPSA) is 46.5 Å². The fourth-order valence-corrected chi connectivity index (χ4v) is 4.67. The summed E-state index contributed by atoms with van der Waals surface area (Å²) in [6.45, 7) is 1.99. The minimum Gasteiger partial charge on any atom is -0.455 e. The van der Waals surface area contributed by atoms with Gasteiger partial charge in [0.2, 0.25) is 5.13 Å². The lowest BCUT2D eigenvalue weighted by atomic mass is 10.1. The number of thiazole rings is 1. The third-order valence-electron chi connectivity index (χ3n) is 4.26. The highest BCUT2D eigenvalue weighted by Gasteiger charge is 2.18. The molecular formula is C21H15N3OS2. The van der Waals surface area contributed by atoms with Crippen molar-refractivity contribution in [3.05, 3.63) is 72.3 Å². The molecule has 3 aromatic carbocycles. The molecule has 1 aliphatic rings. The van der Waals surface area contributed by atoms with Crippen molar-refractivity contribution in [3.63, 3.8) is 0 Å². The molecule has 0 saturated carbocycles. The Morgan fingerprint density at radius 3 is 2.70 bits per heavy atom. The lowest BCUT2D eigenvalue weighted by Crippen LogP contribution is -2.01. The predicted octanol–water partition coefficient (Wildman–Crippen LogP) is 6.39. The van der Waals surface area contributed by atoms with Gasteiger partial charge in [0, 0.05) is 0 Å². The summed E-state index contributed by atoms with van der Waals surface area (Å²) in [5, 5.41) is 5.31. The van der Waals surface area contributed by atoms with E-state index in [1.54, 1.807) is 23.1 Å². The van der Waals surface area contributed by atoms with Crippen molar-refractivity contribution in [2.24, 2.45) is 5.10 Å². The Morgan fingerprint density at radius 1 is 0.963 bits per heavy atom. The highest BCUT2D eigenvalue weighted by molar-refractivity contribution is 7.99. The number of rotatable bonds is 3. The molecule has 0 amide bonds. The molecule has 0 bridgehead atoms. The molecule has 5 rings (SSSR count). The zero-order chi connectivity index (χ0) is 18.2. The normalized spacial score (nSPS) is 13.0. The number of aromatic nitrogens is 1. The molecule has 4 nitrogen and oxygen atoms in total. The summed E-state index contributed by atoms with van der Waals surface area (Å²) in [5.41, 5.74) is 6.02. The first-order valence-corrected chi connectivity index (χ1v) is 10.1. The molecule has 27 heavy (non-hydrogen) atoms. The maximum absolute atomic E-state index is 5.99. The van der Waals surface area contributed by atoms with Crippen LogP contribution in [0.4, 0.5) is 5.13 Å². The number of fused-ring (bicyclic) bond motifs is 3. The second-order valence-corrected chi connectivity index (χ2v) is 8.22. The van der Waals surface area contributed by atoms with Crippen LogP contribution in [-0.2, 0) is 0 Å². The molecule has 0 unspecified atom stereocenters. The summed E-state index contributed by atoms with van der Waals surface area (Å²) in [5.74, 6) is 1.79. The van der Waals surface area contributed by atoms with E-state index in [9.17, 15) is 0 Å². The molecule has 0 radical (unpaired) electrons. The van der Waals surface area contributed by atoms with Crippen LogP contribution in [0, 0.1) is 0 Å². The van der Waals surface area contributed by atoms with Crippen molar-refractivity contribution in [2.75, 3.05) is 5.43 Å². The van der Waals surface area contributed by atoms with Crippen LogP contribution in [0.3, 0.4) is 0 Å². The molecule has 4 aromatic rings. The monoisotopic (exact) mass is 389 g/mol. The minimum absolute atomic E-state index is 0.792. The predicted molar refractivity (Wildman–Crippen MR) is 113 cm³/mol. The number of hydrazone groups is 1. The number of benzene rings is 3. The highest BCUT2D eigenvalue weighted by atomic mass is 32.2. The van der Waals surface area contributed by atoms with Gasteiger partial charge in [-0.1, -0.05) is 47.4 Å². The number of hydrogen-bond donors (Lipinski definition) is 1. The van der Waals surface area contributed by atoms with E-state index < -0.39 is 0 Å². The molecule has 1 aromatic heterocycles. The van der Waals surface area contributed by atoms with Crippen LogP contribution < -0.4 is 10.2 Å². The first-order valence-electron chi connectivity index (χ1n) is 8.51. The molecule has 0 spiro atoms. The largest absolute Gasteiger partial charge is 0.455 e. The molecule has 0 aliphatic carbocycles. The van der Waals surface area contributed by atoms with Gasteiger partial charge in [0.05, 0.1) is 25.7 Å². The van der Waals surface area contributed by atoms with Crippen LogP contribution in [0.15, 0.2) is 81.6 Å². The standard InChI is InChI=1S/C21H15N3OS2/c1-13(23-24-21-22-15-6-2-4-8-18(15)27-21)14-10-11-17-20(12-14)26-19-9-5-3-7-16(19)25-17/h2-12H,1H3,(H,22,24). The number of ether oxygens (including phenoxy) is 1. The summed E-state index contributed by atoms with van der Waals surface area (Å²) >= 11 is 3.32. The maximum atomic E-state index is 5.99. The third kappa shape index (κ3) is 3.18. The second-order valence-electron chi connectivity index (χ2n) is 6.11. The lowest BCUT2D eigenvalue weighted by Gasteiger charge is -2.19. The van der Waals surface area contributed by atoms with Gasteiger partial charge in [0.15, 0.2) is 0 Å². The number of nitrogens with zero attached hydrogens (tertiary/aromatic N) is 2. The first-order chi connectivity index (χ1) is 13.3. The SMILES string of the molecule is CC(=NNc1nc2ccccc2s1)c1ccc2c(c1)Sc1ccccc1O2. The zero-order valence-electron chi connectivity index (χ0n) is 14.5. The fourth-order valence-electron chi connectivity index (χ4n) is 2.87. The van der Waals surface area contributed by atoms with Crippen molar-refractivity contribution in [1.29, 1.82) is 0 Å². The summed E-state index contributed by atoms with van der Waals surface area (Å²) in [4.78, 5) is 6.78. The number of hydrogen-bond acceptors (Lipinski definition) is 6. The van der Waals surface area contributed by atoms with E-state index >= 15 is 0 Å². The second kappa shape index (κ2) is 6.72. The summed E-state index contributed by atoms with van der Waals surface area (Å²) in [7, 11) is 0. The van der Waals surface area contributed by atoms with Gasteiger partial charge in [-0.3, -0.25) is 5.43 Å². The Morgan fingerprint density at radius 2 is 1.78 bits per heavy atom. The molecule has 0 atom stereocenters. The fraction of sp³-hybridized carbons (Fsp3) is 0.0476. The number of para-hydroxylation sites is 2. The van der Waals surface area contributed by atoms with E-state index in [4.69, 9.17) is 4.74 Å². The van der Waals surface area contributed by atoms with E-state index in [1.165, 1.54) is 0 Å². The number of nitrogens with one attached hydrogen (secondary N) is 1. The van der Waals surface area contributed by atoms with E-state index in [2.05, 4.69) is 33.7 Å². The van der Waals surface area contributed by atoms with E-state index in [0.717, 1.165) is 47.9 Å². The highest BCUT2D eigenvalue weighted by Crippen LogP contribution is 2.46. The van der Waals surface area contributed by atoms with Gasteiger partial charge in [-0.2, -0.15) is 5.10 Å². The van der Waals surface area contributed by atoms with Crippen LogP contribution in [0.5, 0.6) is 11.5 Å². The van der Waals surface area contributed by atoms with Gasteiger partial charge in [0.1, 0.15) is 11.5 Å². The Balaban J connectivity index is 1.39. The average Bonchev–Trinajstić information content (AvgIpc) is 3.13. The first kappa shape index (κ1) is 16.4. The van der Waals surface area contributed by atoms with Crippen LogP contribution in [0.2, 0.25) is 0 Å². The Bertz CT molecular complexity index is 1150. The minimum atomic E-state index is 0.792. The average molecular weight is 390 g/mol. The lowest BCUT2D eigenvalue weighted by molar-refractivity contribution is 0.454. The van der Waals surface area contributed by atoms with E-state index in [1.807, 2.05) is 55.5 Å². The van der Waals surface area contributed by atoms with Gasteiger partial charge in [-0.25, -0.2) is 4.98 Å². The number of anilines is 1. The van der Waals surface area contributed by atoms with Gasteiger partial charge in [0.25, 0.3) is 0 Å². The Kier molecular flexibility index (Phi) is 4.07. The molecule has 0 fully saturated rings. The summed E-state index contributed by atoms with van der Waals surface area (Å²) in [6, 6.07) is 22.3. The molecular weight excluding hydrogens is 374 g/mol. The summed E-state index contributed by atoms with van der Waals surface area (Å²) in [6.07, 6.45) is 0. The molecule has 1 aliphatic heterocycles. The molecule has 6 heteroatoms. The molecule has 1 N–H and O–H groups in total. The molecule has 2 heterocycles. The van der Waals surface area contributed by atoms with E-state index in [-0.39, 0.29) is 0 Å². The van der Waals surface area contributed by atoms with Crippen LogP contribution in [0.25, 0.3) is 10.2 Å². The molecule has 0 saturated heterocycles. The van der Waals surface area contributed by atoms with Gasteiger partial charge in [-0.15, -0.1) is 0 Å². The smallest absolute Gasteiger partial charge is 0.204 e. The Labute approximate surface area is 164 Å². The van der Waals surface area contributed by atoms with Crippen LogP contribution in [0.1, 0.15) is 12.5 Å². The Hall–Kier alpha value is -2.83. The third-order valence-corrected chi connectivity index (χ3v) is 6.30. The molecule has 132 valence electrons. The summed E-state index contributed by atoms with van der Waals surface area (Å²) < 4.78 is 7.14. The van der Waals surface area contributed by atoms with Gasteiger partial charge >= 0.3 is 0 Å².